The second-order valence-electron chi connectivity index (χ2n) is 5.25. The summed E-state index contributed by atoms with van der Waals surface area (Å²) in [6.07, 6.45) is 0. The fraction of sp³-hybridized carbons (Fsp3) is 0.286. The first kappa shape index (κ1) is 13.7. The molecule has 0 saturated carbocycles. The van der Waals surface area contributed by atoms with Crippen molar-refractivity contribution >= 4 is 39.5 Å². The van der Waals surface area contributed by atoms with Crippen LogP contribution in [0, 0.1) is 0 Å². The average Bonchev–Trinajstić information content (AvgIpc) is 3.09. The Morgan fingerprint density at radius 2 is 1.95 bits per heavy atom. The quantitative estimate of drug-likeness (QED) is 0.768. The van der Waals surface area contributed by atoms with Gasteiger partial charge in [0.15, 0.2) is 5.82 Å². The van der Waals surface area contributed by atoms with E-state index in [1.54, 1.807) is 11.8 Å². The number of fused-ring (bicyclic) bond motifs is 3. The highest BCUT2D eigenvalue weighted by atomic mass is 79.9. The molecule has 1 aromatic carbocycles. The highest BCUT2D eigenvalue weighted by molar-refractivity contribution is 9.10. The SMILES string of the molecule is CC(C)c1nnc2n1N1C(=CS[C@H]1c1ccc(Br)cc1)S2. The molecule has 108 valence electrons. The van der Waals surface area contributed by atoms with Gasteiger partial charge in [-0.05, 0) is 29.5 Å². The predicted molar refractivity (Wildman–Crippen MR) is 90.7 cm³/mol. The number of halogens is 1. The minimum atomic E-state index is 0.246. The third-order valence-electron chi connectivity index (χ3n) is 3.46. The van der Waals surface area contributed by atoms with E-state index < -0.39 is 0 Å². The lowest BCUT2D eigenvalue weighted by atomic mass is 10.2. The van der Waals surface area contributed by atoms with Crippen LogP contribution in [0.25, 0.3) is 0 Å². The smallest absolute Gasteiger partial charge is 0.216 e. The number of rotatable bonds is 2. The molecule has 2 aromatic rings. The molecule has 0 aliphatic carbocycles. The van der Waals surface area contributed by atoms with Gasteiger partial charge in [-0.3, -0.25) is 5.01 Å². The van der Waals surface area contributed by atoms with Gasteiger partial charge in [-0.1, -0.05) is 53.7 Å². The zero-order valence-electron chi connectivity index (χ0n) is 11.5. The van der Waals surface area contributed by atoms with Crippen LogP contribution in [0.5, 0.6) is 0 Å². The summed E-state index contributed by atoms with van der Waals surface area (Å²) in [7, 11) is 0. The fourth-order valence-electron chi connectivity index (χ4n) is 2.47. The molecule has 2 aliphatic rings. The van der Waals surface area contributed by atoms with Crippen LogP contribution < -0.4 is 5.01 Å². The van der Waals surface area contributed by atoms with Gasteiger partial charge in [-0.25, -0.2) is 4.68 Å². The second kappa shape index (κ2) is 5.07. The van der Waals surface area contributed by atoms with Crippen molar-refractivity contribution in [2.75, 3.05) is 5.01 Å². The highest BCUT2D eigenvalue weighted by Crippen LogP contribution is 2.51. The Labute approximate surface area is 140 Å². The summed E-state index contributed by atoms with van der Waals surface area (Å²) >= 11 is 7.02. The van der Waals surface area contributed by atoms with Gasteiger partial charge in [0.25, 0.3) is 0 Å². The Balaban J connectivity index is 1.77. The molecule has 4 nitrogen and oxygen atoms in total. The van der Waals surface area contributed by atoms with Crippen molar-refractivity contribution < 1.29 is 0 Å². The zero-order chi connectivity index (χ0) is 14.6. The summed E-state index contributed by atoms with van der Waals surface area (Å²) in [5, 5.41) is 15.6. The van der Waals surface area contributed by atoms with Gasteiger partial charge >= 0.3 is 0 Å². The topological polar surface area (TPSA) is 34.0 Å². The monoisotopic (exact) mass is 380 g/mol. The minimum absolute atomic E-state index is 0.246. The maximum absolute atomic E-state index is 4.35. The second-order valence-corrected chi connectivity index (χ2v) is 8.11. The summed E-state index contributed by atoms with van der Waals surface area (Å²) < 4.78 is 3.28. The Bertz CT molecular complexity index is 723. The number of nitrogens with zero attached hydrogens (tertiary/aromatic N) is 4. The molecule has 0 N–H and O–H groups in total. The number of benzene rings is 1. The van der Waals surface area contributed by atoms with Gasteiger partial charge in [-0.2, -0.15) is 0 Å². The molecule has 21 heavy (non-hydrogen) atoms. The van der Waals surface area contributed by atoms with Crippen molar-refractivity contribution in [3.05, 3.63) is 50.6 Å². The molecular formula is C14H13BrN4S2. The summed E-state index contributed by atoms with van der Waals surface area (Å²) in [6.45, 7) is 4.31. The van der Waals surface area contributed by atoms with Gasteiger partial charge in [0.05, 0.1) is 0 Å². The van der Waals surface area contributed by atoms with E-state index in [0.29, 0.717) is 5.92 Å². The Kier molecular flexibility index (Phi) is 3.31. The van der Waals surface area contributed by atoms with Crippen molar-refractivity contribution in [2.24, 2.45) is 0 Å². The van der Waals surface area contributed by atoms with Gasteiger partial charge in [0.2, 0.25) is 5.16 Å². The third kappa shape index (κ3) is 2.13. The molecule has 0 unspecified atom stereocenters. The van der Waals surface area contributed by atoms with Crippen LogP contribution in [0.4, 0.5) is 0 Å². The largest absolute Gasteiger partial charge is 0.252 e. The predicted octanol–water partition coefficient (Wildman–Crippen LogP) is 4.45. The van der Waals surface area contributed by atoms with E-state index in [-0.39, 0.29) is 5.37 Å². The third-order valence-corrected chi connectivity index (χ3v) is 6.18. The molecule has 0 spiro atoms. The molecule has 4 rings (SSSR count). The van der Waals surface area contributed by atoms with E-state index in [1.807, 2.05) is 11.8 Å². The summed E-state index contributed by atoms with van der Waals surface area (Å²) in [5.74, 6) is 1.37. The van der Waals surface area contributed by atoms with Crippen molar-refractivity contribution in [1.82, 2.24) is 14.9 Å². The van der Waals surface area contributed by atoms with E-state index in [0.717, 1.165) is 15.5 Å². The van der Waals surface area contributed by atoms with Crippen molar-refractivity contribution in [3.8, 4) is 0 Å². The van der Waals surface area contributed by atoms with E-state index in [1.165, 1.54) is 10.6 Å². The van der Waals surface area contributed by atoms with Gasteiger partial charge in [0, 0.05) is 15.8 Å². The van der Waals surface area contributed by atoms with Crippen LogP contribution in [-0.2, 0) is 0 Å². The fourth-order valence-corrected chi connectivity index (χ4v) is 4.97. The standard InChI is InChI=1S/C14H13BrN4S2/c1-8(2)12-16-17-14-19(12)18-11(21-14)7-20-13(18)9-3-5-10(15)6-4-9/h3-8,13H,1-2H3/t13-/m0/s1. The first-order chi connectivity index (χ1) is 10.1. The highest BCUT2D eigenvalue weighted by Gasteiger charge is 2.39. The molecule has 2 aliphatic heterocycles. The molecule has 0 amide bonds. The maximum Gasteiger partial charge on any atom is 0.216 e. The zero-order valence-corrected chi connectivity index (χ0v) is 14.7. The Hall–Kier alpha value is -0.920. The van der Waals surface area contributed by atoms with E-state index in [9.17, 15) is 0 Å². The first-order valence-electron chi connectivity index (χ1n) is 6.69. The van der Waals surface area contributed by atoms with Gasteiger partial charge in [-0.15, -0.1) is 10.2 Å². The van der Waals surface area contributed by atoms with Crippen molar-refractivity contribution in [2.45, 2.75) is 30.3 Å². The minimum Gasteiger partial charge on any atom is -0.252 e. The van der Waals surface area contributed by atoms with E-state index >= 15 is 0 Å². The average molecular weight is 381 g/mol. The molecule has 1 aromatic heterocycles. The molecule has 0 saturated heterocycles. The van der Waals surface area contributed by atoms with E-state index in [2.05, 4.69) is 79.3 Å². The van der Waals surface area contributed by atoms with Crippen LogP contribution in [0.2, 0.25) is 0 Å². The lowest BCUT2D eigenvalue weighted by Gasteiger charge is -2.26. The van der Waals surface area contributed by atoms with Crippen LogP contribution in [0.1, 0.15) is 36.5 Å². The number of hydrogen-bond donors (Lipinski definition) is 0. The van der Waals surface area contributed by atoms with Crippen LogP contribution in [0.15, 0.2) is 44.3 Å². The van der Waals surface area contributed by atoms with Crippen LogP contribution in [0.3, 0.4) is 0 Å². The number of thioether (sulfide) groups is 2. The van der Waals surface area contributed by atoms with Gasteiger partial charge < -0.3 is 0 Å². The maximum atomic E-state index is 4.35. The van der Waals surface area contributed by atoms with Crippen molar-refractivity contribution in [1.29, 1.82) is 0 Å². The molecular weight excluding hydrogens is 368 g/mol. The summed E-state index contributed by atoms with van der Waals surface area (Å²) in [5.41, 5.74) is 1.28. The molecule has 1 atom stereocenters. The molecule has 7 heteroatoms. The molecule has 3 heterocycles. The molecule has 0 radical (unpaired) electrons. The first-order valence-corrected chi connectivity index (χ1v) is 9.24. The Morgan fingerprint density at radius 1 is 1.19 bits per heavy atom. The van der Waals surface area contributed by atoms with Gasteiger partial charge in [0.1, 0.15) is 10.4 Å². The van der Waals surface area contributed by atoms with Crippen LogP contribution in [-0.4, -0.2) is 14.9 Å². The summed E-state index contributed by atoms with van der Waals surface area (Å²) in [4.78, 5) is 0. The molecule has 0 bridgehead atoms. The lowest BCUT2D eigenvalue weighted by Crippen LogP contribution is -2.31. The lowest BCUT2D eigenvalue weighted by molar-refractivity contribution is 0.582. The number of aromatic nitrogens is 3. The number of hydrogen-bond acceptors (Lipinski definition) is 5. The van der Waals surface area contributed by atoms with Crippen molar-refractivity contribution in [3.63, 3.8) is 0 Å². The Morgan fingerprint density at radius 3 is 2.67 bits per heavy atom. The van der Waals surface area contributed by atoms with Crippen LogP contribution >= 0.6 is 39.5 Å². The molecule has 0 fully saturated rings. The normalized spacial score (nSPS) is 19.9. The van der Waals surface area contributed by atoms with E-state index in [4.69, 9.17) is 0 Å². The summed E-state index contributed by atoms with van der Waals surface area (Å²) in [6, 6.07) is 8.52.